The van der Waals surface area contributed by atoms with E-state index in [1.807, 2.05) is 4.90 Å². The largest absolute Gasteiger partial charge is 0.346 e. The average molecular weight is 383 g/mol. The van der Waals surface area contributed by atoms with Gasteiger partial charge in [-0.2, -0.15) is 5.10 Å². The summed E-state index contributed by atoms with van der Waals surface area (Å²) in [7, 11) is 0. The maximum atomic E-state index is 12.7. The number of aryl methyl sites for hydroxylation is 2. The highest BCUT2D eigenvalue weighted by Gasteiger charge is 2.24. The molecule has 6 nitrogen and oxygen atoms in total. The van der Waals surface area contributed by atoms with Crippen molar-refractivity contribution in [2.45, 2.75) is 64.5 Å². The van der Waals surface area contributed by atoms with Crippen LogP contribution in [0.1, 0.15) is 49.9 Å². The van der Waals surface area contributed by atoms with Crippen molar-refractivity contribution in [3.05, 3.63) is 52.2 Å². The average Bonchev–Trinajstić information content (AvgIpc) is 2.89. The normalized spacial score (nSPS) is 17.9. The van der Waals surface area contributed by atoms with E-state index in [1.165, 1.54) is 16.7 Å². The molecule has 1 amide bonds. The number of carbonyl (C=O) groups excluding carboxylic acids is 1. The van der Waals surface area contributed by atoms with Crippen LogP contribution in [0.4, 0.5) is 0 Å². The molecule has 3 heterocycles. The van der Waals surface area contributed by atoms with Gasteiger partial charge in [0.15, 0.2) is 0 Å². The van der Waals surface area contributed by atoms with E-state index < -0.39 is 0 Å². The van der Waals surface area contributed by atoms with Crippen LogP contribution < -0.4 is 5.69 Å². The molecular weight excluding hydrogens is 352 g/mol. The molecule has 1 aromatic carbocycles. The fraction of sp³-hybridized carbons (Fsp3) is 0.591. The van der Waals surface area contributed by atoms with Crippen LogP contribution in [0.25, 0.3) is 0 Å². The second-order valence-corrected chi connectivity index (χ2v) is 8.17. The molecule has 6 heteroatoms. The lowest BCUT2D eigenvalue weighted by molar-refractivity contribution is -0.133. The van der Waals surface area contributed by atoms with Crippen LogP contribution in [0, 0.1) is 5.92 Å². The van der Waals surface area contributed by atoms with Gasteiger partial charge in [-0.25, -0.2) is 9.48 Å². The molecule has 2 aliphatic rings. The van der Waals surface area contributed by atoms with Gasteiger partial charge in [0.25, 0.3) is 0 Å². The zero-order chi connectivity index (χ0) is 19.3. The Balaban J connectivity index is 1.28. The lowest BCUT2D eigenvalue weighted by atomic mass is 9.90. The topological polar surface area (TPSA) is 60.1 Å². The number of benzene rings is 1. The van der Waals surface area contributed by atoms with E-state index in [4.69, 9.17) is 0 Å². The summed E-state index contributed by atoms with van der Waals surface area (Å²) in [6.07, 6.45) is 8.45. The Hall–Kier alpha value is -2.37. The second kappa shape index (κ2) is 8.76. The molecule has 0 aliphatic carbocycles. The van der Waals surface area contributed by atoms with Crippen LogP contribution in [-0.2, 0) is 30.7 Å². The van der Waals surface area contributed by atoms with E-state index in [0.717, 1.165) is 70.4 Å². The van der Waals surface area contributed by atoms with Gasteiger partial charge in [0.1, 0.15) is 12.4 Å². The minimum atomic E-state index is -0.122. The Bertz CT molecular complexity index is 847. The number of fused-ring (bicyclic) bond motifs is 1. The standard InChI is InChI=1S/C22H30N4O2/c27-21(17-26-22(28)25-14-6-2-5-9-20(25)23-26)24-15-12-19(13-16-24)11-10-18-7-3-1-4-8-18/h1,3-4,7-8,19H,2,5-6,9-17H2. The SMILES string of the molecule is O=C(Cn1nc2n(c1=O)CCCCC2)N1CCC(CCc2ccccc2)CC1. The van der Waals surface area contributed by atoms with Crippen LogP contribution in [0.5, 0.6) is 0 Å². The summed E-state index contributed by atoms with van der Waals surface area (Å²) < 4.78 is 3.14. The zero-order valence-electron chi connectivity index (χ0n) is 16.6. The van der Waals surface area contributed by atoms with Crippen molar-refractivity contribution in [3.8, 4) is 0 Å². The van der Waals surface area contributed by atoms with Crippen molar-refractivity contribution in [1.82, 2.24) is 19.2 Å². The molecule has 4 rings (SSSR count). The smallest absolute Gasteiger partial charge is 0.341 e. The Morgan fingerprint density at radius 1 is 1.04 bits per heavy atom. The summed E-state index contributed by atoms with van der Waals surface area (Å²) in [4.78, 5) is 27.2. The fourth-order valence-electron chi connectivity index (χ4n) is 4.44. The molecule has 1 fully saturated rings. The monoisotopic (exact) mass is 382 g/mol. The Labute approximate surface area is 166 Å². The van der Waals surface area contributed by atoms with E-state index in [2.05, 4.69) is 35.4 Å². The quantitative estimate of drug-likeness (QED) is 0.799. The van der Waals surface area contributed by atoms with Crippen LogP contribution >= 0.6 is 0 Å². The number of hydrogen-bond acceptors (Lipinski definition) is 3. The number of amides is 1. The highest BCUT2D eigenvalue weighted by molar-refractivity contribution is 5.75. The lowest BCUT2D eigenvalue weighted by Gasteiger charge is -2.32. The Morgan fingerprint density at radius 3 is 2.61 bits per heavy atom. The molecule has 1 saturated heterocycles. The van der Waals surface area contributed by atoms with Crippen molar-refractivity contribution in [2.75, 3.05) is 13.1 Å². The number of likely N-dealkylation sites (tertiary alicyclic amines) is 1. The van der Waals surface area contributed by atoms with Gasteiger partial charge in [-0.15, -0.1) is 0 Å². The van der Waals surface area contributed by atoms with Crippen LogP contribution in [0.2, 0.25) is 0 Å². The molecule has 2 aliphatic heterocycles. The Kier molecular flexibility index (Phi) is 5.93. The van der Waals surface area contributed by atoms with Gasteiger partial charge in [0, 0.05) is 26.1 Å². The summed E-state index contributed by atoms with van der Waals surface area (Å²) in [6, 6.07) is 10.6. The van der Waals surface area contributed by atoms with Gasteiger partial charge in [0.2, 0.25) is 5.91 Å². The van der Waals surface area contributed by atoms with Gasteiger partial charge in [-0.05, 0) is 50.0 Å². The third-order valence-corrected chi connectivity index (χ3v) is 6.22. The van der Waals surface area contributed by atoms with Gasteiger partial charge in [-0.1, -0.05) is 36.8 Å². The molecule has 0 N–H and O–H groups in total. The maximum Gasteiger partial charge on any atom is 0.346 e. The highest BCUT2D eigenvalue weighted by Crippen LogP contribution is 2.22. The molecular formula is C22H30N4O2. The van der Waals surface area contributed by atoms with Gasteiger partial charge in [-0.3, -0.25) is 9.36 Å². The first-order chi connectivity index (χ1) is 13.7. The Morgan fingerprint density at radius 2 is 1.82 bits per heavy atom. The summed E-state index contributed by atoms with van der Waals surface area (Å²) in [6.45, 7) is 2.39. The number of aromatic nitrogens is 3. The molecule has 0 atom stereocenters. The summed E-state index contributed by atoms with van der Waals surface area (Å²) in [5.74, 6) is 1.54. The number of piperidine rings is 1. The predicted octanol–water partition coefficient (Wildman–Crippen LogP) is 2.64. The minimum Gasteiger partial charge on any atom is -0.341 e. The summed E-state index contributed by atoms with van der Waals surface area (Å²) in [5, 5.41) is 4.44. The van der Waals surface area contributed by atoms with E-state index in [-0.39, 0.29) is 18.1 Å². The first kappa shape index (κ1) is 19.0. The zero-order valence-corrected chi connectivity index (χ0v) is 16.6. The fourth-order valence-corrected chi connectivity index (χ4v) is 4.44. The highest BCUT2D eigenvalue weighted by atomic mass is 16.2. The van der Waals surface area contributed by atoms with E-state index in [1.54, 1.807) is 4.57 Å². The molecule has 0 bridgehead atoms. The first-order valence-electron chi connectivity index (χ1n) is 10.7. The van der Waals surface area contributed by atoms with Crippen molar-refractivity contribution in [2.24, 2.45) is 5.92 Å². The van der Waals surface area contributed by atoms with Crippen LogP contribution in [0.15, 0.2) is 35.1 Å². The van der Waals surface area contributed by atoms with Crippen LogP contribution in [-0.4, -0.2) is 38.2 Å². The molecule has 0 unspecified atom stereocenters. The van der Waals surface area contributed by atoms with Crippen molar-refractivity contribution >= 4 is 5.91 Å². The number of hydrogen-bond donors (Lipinski definition) is 0. The van der Waals surface area contributed by atoms with Crippen LogP contribution in [0.3, 0.4) is 0 Å². The number of carbonyl (C=O) groups is 1. The minimum absolute atomic E-state index is 0.0249. The first-order valence-corrected chi connectivity index (χ1v) is 10.7. The number of nitrogens with zero attached hydrogens (tertiary/aromatic N) is 4. The molecule has 0 saturated carbocycles. The van der Waals surface area contributed by atoms with E-state index >= 15 is 0 Å². The van der Waals surface area contributed by atoms with E-state index in [9.17, 15) is 9.59 Å². The maximum absolute atomic E-state index is 12.7. The second-order valence-electron chi connectivity index (χ2n) is 8.17. The van der Waals surface area contributed by atoms with Gasteiger partial charge in [0.05, 0.1) is 0 Å². The summed E-state index contributed by atoms with van der Waals surface area (Å²) in [5.41, 5.74) is 1.27. The molecule has 0 radical (unpaired) electrons. The van der Waals surface area contributed by atoms with Gasteiger partial charge >= 0.3 is 5.69 Å². The van der Waals surface area contributed by atoms with Crippen molar-refractivity contribution < 1.29 is 4.79 Å². The van der Waals surface area contributed by atoms with Crippen molar-refractivity contribution in [1.29, 1.82) is 0 Å². The molecule has 2 aromatic rings. The van der Waals surface area contributed by atoms with Gasteiger partial charge < -0.3 is 4.90 Å². The summed E-state index contributed by atoms with van der Waals surface area (Å²) >= 11 is 0. The number of rotatable bonds is 5. The van der Waals surface area contributed by atoms with E-state index in [0.29, 0.717) is 5.92 Å². The molecule has 1 aromatic heterocycles. The third kappa shape index (κ3) is 4.37. The van der Waals surface area contributed by atoms with Crippen molar-refractivity contribution in [3.63, 3.8) is 0 Å². The lowest BCUT2D eigenvalue weighted by Crippen LogP contribution is -2.42. The molecule has 150 valence electrons. The third-order valence-electron chi connectivity index (χ3n) is 6.22. The molecule has 28 heavy (non-hydrogen) atoms. The molecule has 0 spiro atoms. The predicted molar refractivity (Wildman–Crippen MR) is 108 cm³/mol.